The third kappa shape index (κ3) is 28.8. The maximum atomic E-state index is 13.0. The summed E-state index contributed by atoms with van der Waals surface area (Å²) in [5.74, 6) is -7.14. The number of carboxylic acids is 2. The van der Waals surface area contributed by atoms with Crippen molar-refractivity contribution in [3.63, 3.8) is 0 Å². The zero-order valence-corrected chi connectivity index (χ0v) is 77.5. The molecular weight excluding hydrogens is 1920 g/mol. The summed E-state index contributed by atoms with van der Waals surface area (Å²) in [6, 6.07) is 44.7. The van der Waals surface area contributed by atoms with Gasteiger partial charge in [0.15, 0.2) is 12.2 Å². The predicted octanol–water partition coefficient (Wildman–Crippen LogP) is 14.8. The fourth-order valence-corrected chi connectivity index (χ4v) is 15.4. The van der Waals surface area contributed by atoms with Crippen LogP contribution in [0.5, 0.6) is 0 Å². The molecule has 129 heavy (non-hydrogen) atoms. The smallest absolute Gasteiger partial charge is 0.352 e. The van der Waals surface area contributed by atoms with Gasteiger partial charge in [0.25, 0.3) is 17.7 Å². The fourth-order valence-electron chi connectivity index (χ4n) is 12.9. The summed E-state index contributed by atoms with van der Waals surface area (Å²) in [7, 11) is 1.16. The summed E-state index contributed by atoms with van der Waals surface area (Å²) in [4.78, 5) is 120. The summed E-state index contributed by atoms with van der Waals surface area (Å²) >= 11 is 73.6. The third-order valence-corrected chi connectivity index (χ3v) is 22.9. The Balaban J connectivity index is 0.000000196. The molecule has 0 spiro atoms. The van der Waals surface area contributed by atoms with Crippen LogP contribution in [0.15, 0.2) is 190 Å². The van der Waals surface area contributed by atoms with Crippen LogP contribution in [0.1, 0.15) is 112 Å². The Morgan fingerprint density at radius 2 is 0.597 bits per heavy atom. The minimum absolute atomic E-state index is 0.0194. The molecule has 0 saturated heterocycles. The van der Waals surface area contributed by atoms with Gasteiger partial charge in [0.05, 0.1) is 74.1 Å². The van der Waals surface area contributed by atoms with Crippen molar-refractivity contribution in [3.05, 3.63) is 252 Å². The highest BCUT2D eigenvalue weighted by molar-refractivity contribution is 6.43. The monoisotopic (exact) mass is 2000 g/mol. The van der Waals surface area contributed by atoms with Crippen LogP contribution in [-0.4, -0.2) is 171 Å². The van der Waals surface area contributed by atoms with E-state index in [1.54, 1.807) is 141 Å². The fraction of sp³-hybridized carbons (Fsp3) is 0.279. The number of aliphatic hydroxyl groups is 3. The number of primary amides is 1. The summed E-state index contributed by atoms with van der Waals surface area (Å²) in [6.45, 7) is 4.50. The maximum Gasteiger partial charge on any atom is 0.352 e. The highest BCUT2D eigenvalue weighted by Gasteiger charge is 2.40. The van der Waals surface area contributed by atoms with Gasteiger partial charge < -0.3 is 67.9 Å². The average molecular weight is 2010 g/mol. The average Bonchev–Trinajstić information content (AvgIpc) is 1.65. The number of carboxylic acid groups (broad SMARTS) is 2. The molecule has 0 fully saturated rings. The van der Waals surface area contributed by atoms with Crippen LogP contribution in [-0.2, 0) is 52.7 Å². The van der Waals surface area contributed by atoms with Crippen LogP contribution < -0.4 is 57.7 Å². The standard InChI is InChI=1S/C24H25Cl3N4O5.C23H24Cl3N5O4.C23H23Cl3N4O5.C16H11Cl3N2O2/c1-13(22(33)28-10-9-21(32)24(35)36-2)29-23(34)18-12-20(14-3-5-15(25)6-4-14)31(30-18)19-8-7-16(26)11-17(19)27;1-12(22(34)28-9-8-20(32)21(27)33)29-23(35)17-11-19(13-2-4-14(24)5-3-13)31(30-17)18-7-6-15(25)10-16(18)26;1-12(21(32)27-9-8-20(31)23(34)35)28-22(33)17-11-19(13-2-4-14(24)5-3-13)30(29-17)18-7-6-15(25)10-16(18)26;17-10-3-1-9(2-4-10)15-8-13(16(22)23)20-21(15)14-6-5-11(18)7-12(14)19/h3-8,11,13,20-21,32H,9-10,12H2,1-2H3,(H,28,33)(H,29,34);2-7,10,12,19-20,32H,8-9,11H2,1H3,(H2,27,33)(H,28,34)(H,29,35);2-7,10,12,19-20,31H,8-9,11H2,1H3,(H,27,32)(H,28,33)(H,34,35);1-7,15H,8H2,(H,22,23). The molecule has 13 N–H and O–H groups in total. The zero-order chi connectivity index (χ0) is 94.4. The van der Waals surface area contributed by atoms with E-state index >= 15 is 0 Å². The Labute approximate surface area is 799 Å². The van der Waals surface area contributed by atoms with Gasteiger partial charge in [0, 0.05) is 98.3 Å². The molecule has 8 aromatic carbocycles. The molecule has 682 valence electrons. The lowest BCUT2D eigenvalue weighted by Crippen LogP contribution is -2.47. The van der Waals surface area contributed by atoms with Crippen molar-refractivity contribution in [3.8, 4) is 0 Å². The van der Waals surface area contributed by atoms with Gasteiger partial charge in [0.1, 0.15) is 47.1 Å². The first-order chi connectivity index (χ1) is 61.2. The zero-order valence-electron chi connectivity index (χ0n) is 68.4. The number of aliphatic hydroxyl groups excluding tert-OH is 3. The van der Waals surface area contributed by atoms with Crippen molar-refractivity contribution in [2.75, 3.05) is 46.8 Å². The first-order valence-corrected chi connectivity index (χ1v) is 43.6. The number of benzene rings is 8. The molecule has 12 rings (SSSR count). The number of hydrogen-bond donors (Lipinski definition) is 12. The van der Waals surface area contributed by atoms with Gasteiger partial charge >= 0.3 is 17.9 Å². The van der Waals surface area contributed by atoms with Gasteiger partial charge in [-0.2, -0.15) is 20.4 Å². The molecule has 31 nitrogen and oxygen atoms in total. The Kier molecular flexibility index (Phi) is 38.1. The number of methoxy groups -OCH3 is 1. The van der Waals surface area contributed by atoms with Gasteiger partial charge in [-0.25, -0.2) is 14.4 Å². The summed E-state index contributed by atoms with van der Waals surface area (Å²) in [6.07, 6.45) is -3.47. The van der Waals surface area contributed by atoms with Crippen molar-refractivity contribution in [1.82, 2.24) is 31.9 Å². The van der Waals surface area contributed by atoms with E-state index in [4.69, 9.17) is 150 Å². The van der Waals surface area contributed by atoms with E-state index in [1.807, 2.05) is 48.5 Å². The Morgan fingerprint density at radius 1 is 0.364 bits per heavy atom. The Morgan fingerprint density at radius 3 is 0.829 bits per heavy atom. The van der Waals surface area contributed by atoms with Crippen LogP contribution in [0, 0.1) is 0 Å². The molecule has 10 atom stereocenters. The lowest BCUT2D eigenvalue weighted by molar-refractivity contribution is -0.150. The number of nitrogens with two attached hydrogens (primary N) is 1. The number of carbonyl (C=O) groups is 10. The molecule has 4 aliphatic rings. The molecule has 43 heteroatoms. The summed E-state index contributed by atoms with van der Waals surface area (Å²) in [5, 5.41) is 91.7. The van der Waals surface area contributed by atoms with Crippen molar-refractivity contribution >= 4 is 244 Å². The van der Waals surface area contributed by atoms with Crippen molar-refractivity contribution in [2.45, 2.75) is 126 Å². The number of ether oxygens (including phenoxy) is 1. The van der Waals surface area contributed by atoms with Gasteiger partial charge in [0.2, 0.25) is 23.6 Å². The van der Waals surface area contributed by atoms with Gasteiger partial charge in [-0.05, 0) is 171 Å². The van der Waals surface area contributed by atoms with E-state index < -0.39 is 95.7 Å². The number of hydrazone groups is 4. The van der Waals surface area contributed by atoms with E-state index in [9.17, 15) is 68.4 Å². The minimum Gasteiger partial charge on any atom is -0.479 e. The molecule has 4 heterocycles. The number of anilines is 4. The second kappa shape index (κ2) is 48.0. The number of rotatable bonds is 30. The van der Waals surface area contributed by atoms with Crippen molar-refractivity contribution in [2.24, 2.45) is 26.1 Å². The predicted molar refractivity (Wildman–Crippen MR) is 501 cm³/mol. The highest BCUT2D eigenvalue weighted by atomic mass is 35.5. The number of halogens is 12. The summed E-state index contributed by atoms with van der Waals surface area (Å²) in [5.41, 5.74) is 11.5. The van der Waals surface area contributed by atoms with E-state index in [0.717, 1.165) is 29.4 Å². The van der Waals surface area contributed by atoms with Crippen LogP contribution in [0.4, 0.5) is 22.7 Å². The Bertz CT molecular complexity index is 5400. The van der Waals surface area contributed by atoms with Crippen molar-refractivity contribution in [1.29, 1.82) is 0 Å². The molecule has 4 aliphatic heterocycles. The van der Waals surface area contributed by atoms with E-state index in [1.165, 1.54) is 20.8 Å². The van der Waals surface area contributed by atoms with E-state index in [0.29, 0.717) is 83.0 Å². The molecule has 10 unspecified atom stereocenters. The normalized spacial score (nSPS) is 16.9. The molecular formula is C86H83Cl12N15O16. The number of esters is 1. The van der Waals surface area contributed by atoms with Crippen molar-refractivity contribution < 1.29 is 78.2 Å². The number of nitrogens with zero attached hydrogens (tertiary/aromatic N) is 8. The van der Waals surface area contributed by atoms with Crippen LogP contribution in [0.2, 0.25) is 60.3 Å². The van der Waals surface area contributed by atoms with Crippen LogP contribution in [0.3, 0.4) is 0 Å². The van der Waals surface area contributed by atoms with Crippen LogP contribution in [0.25, 0.3) is 0 Å². The quantitative estimate of drug-likeness (QED) is 0.0186. The first kappa shape index (κ1) is 102. The van der Waals surface area contributed by atoms with Gasteiger partial charge in [-0.1, -0.05) is 188 Å². The maximum absolute atomic E-state index is 13.0. The number of hydrogen-bond acceptors (Lipinski definition) is 22. The number of aliphatic carboxylic acids is 2. The number of nitrogens with one attached hydrogen (secondary N) is 6. The highest BCUT2D eigenvalue weighted by Crippen LogP contribution is 2.45. The molecule has 0 bridgehead atoms. The minimum atomic E-state index is -1.58. The largest absolute Gasteiger partial charge is 0.479 e. The molecule has 0 aromatic heterocycles. The second-order valence-electron chi connectivity index (χ2n) is 29.0. The number of amides is 7. The lowest BCUT2D eigenvalue weighted by atomic mass is 10.0. The van der Waals surface area contributed by atoms with E-state index in [2.05, 4.69) is 57.0 Å². The van der Waals surface area contributed by atoms with Gasteiger partial charge in [-0.3, -0.25) is 53.6 Å². The molecule has 8 aromatic rings. The molecule has 0 saturated carbocycles. The molecule has 7 amide bonds. The van der Waals surface area contributed by atoms with E-state index in [-0.39, 0.29) is 112 Å². The topological polar surface area (TPSA) is 442 Å². The lowest BCUT2D eigenvalue weighted by Gasteiger charge is -2.25. The SMILES string of the molecule is CC(NC(=O)C1=NN(c2ccc(Cl)cc2Cl)C(c2ccc(Cl)cc2)C1)C(=O)NCCC(O)C(=O)O.CC(NC(=O)C1=NN(c2ccc(Cl)cc2Cl)C(c2ccc(Cl)cc2)C1)C(=O)NCCC(O)C(N)=O.COC(=O)C(O)CCNC(=O)C(C)NC(=O)C1=NN(c2ccc(Cl)cc2Cl)C(c2ccc(Cl)cc2)C1.O=C(O)C1=NN(c2ccc(Cl)cc2Cl)C(c2ccc(Cl)cc2)C1. The summed E-state index contributed by atoms with van der Waals surface area (Å²) < 4.78 is 4.43. The Hall–Kier alpha value is -10.3. The molecule has 0 radical (unpaired) electrons. The first-order valence-electron chi connectivity index (χ1n) is 39.1. The number of carbonyl (C=O) groups excluding carboxylic acids is 8. The van der Waals surface area contributed by atoms with Gasteiger partial charge in [-0.15, -0.1) is 0 Å². The molecule has 0 aliphatic carbocycles. The third-order valence-electron chi connectivity index (χ3n) is 19.8. The van der Waals surface area contributed by atoms with Crippen LogP contribution >= 0.6 is 139 Å². The second-order valence-corrected chi connectivity index (χ2v) is 34.1.